The summed E-state index contributed by atoms with van der Waals surface area (Å²) in [7, 11) is -10.2. The second kappa shape index (κ2) is 9.62. The molecule has 0 saturated heterocycles. The van der Waals surface area contributed by atoms with E-state index in [0.29, 0.717) is 17.7 Å². The molecule has 8 nitrogen and oxygen atoms in total. The molecule has 2 unspecified atom stereocenters. The Kier molecular flexibility index (Phi) is 8.44. The van der Waals surface area contributed by atoms with Crippen LogP contribution in [0, 0.1) is 0 Å². The lowest BCUT2D eigenvalue weighted by molar-refractivity contribution is 0.151. The van der Waals surface area contributed by atoms with Gasteiger partial charge in [0.1, 0.15) is 6.10 Å². The van der Waals surface area contributed by atoms with Crippen molar-refractivity contribution in [1.82, 2.24) is 0 Å². The lowest BCUT2D eigenvalue weighted by Gasteiger charge is -2.20. The smallest absolute Gasteiger partial charge is 0.398 e. The van der Waals surface area contributed by atoms with E-state index in [1.54, 1.807) is 30.3 Å². The van der Waals surface area contributed by atoms with Gasteiger partial charge in [-0.25, -0.2) is 9.13 Å². The third kappa shape index (κ3) is 8.92. The van der Waals surface area contributed by atoms with Gasteiger partial charge < -0.3 is 20.4 Å². The number of para-hydroxylation sites is 1. The molecule has 146 valence electrons. The molecular formula is C16H25NO7P2. The molecule has 26 heavy (non-hydrogen) atoms. The van der Waals surface area contributed by atoms with Crippen LogP contribution in [0.5, 0.6) is 0 Å². The number of phosphoric acid groups is 2. The zero-order valence-electron chi connectivity index (χ0n) is 14.9. The number of phosphoric ester groups is 1. The van der Waals surface area contributed by atoms with Gasteiger partial charge in [0.15, 0.2) is 0 Å². The van der Waals surface area contributed by atoms with Crippen LogP contribution < -0.4 is 5.73 Å². The minimum absolute atomic E-state index is 0.307. The van der Waals surface area contributed by atoms with E-state index in [4.69, 9.17) is 20.0 Å². The van der Waals surface area contributed by atoms with Gasteiger partial charge in [-0.3, -0.25) is 4.52 Å². The molecule has 1 rings (SSSR count). The summed E-state index contributed by atoms with van der Waals surface area (Å²) in [6.07, 6.45) is 3.98. The summed E-state index contributed by atoms with van der Waals surface area (Å²) in [6, 6.07) is 6.54. The molecule has 0 aliphatic rings. The number of hydrogen-bond donors (Lipinski definition) is 4. The minimum atomic E-state index is -5.21. The molecular weight excluding hydrogens is 380 g/mol. The molecule has 0 aromatic heterocycles. The molecule has 0 saturated carbocycles. The van der Waals surface area contributed by atoms with Crippen LogP contribution in [0.15, 0.2) is 47.6 Å². The molecule has 0 fully saturated rings. The van der Waals surface area contributed by atoms with Crippen LogP contribution in [0.4, 0.5) is 5.69 Å². The van der Waals surface area contributed by atoms with Crippen molar-refractivity contribution >= 4 is 21.3 Å². The fourth-order valence-corrected chi connectivity index (χ4v) is 3.87. The maximum absolute atomic E-state index is 11.9. The third-order valence-electron chi connectivity index (χ3n) is 3.29. The first kappa shape index (κ1) is 22.8. The Morgan fingerprint density at radius 3 is 2.35 bits per heavy atom. The van der Waals surface area contributed by atoms with Gasteiger partial charge in [-0.05, 0) is 39.7 Å². The maximum Gasteiger partial charge on any atom is 0.482 e. The van der Waals surface area contributed by atoms with E-state index in [1.807, 2.05) is 20.8 Å². The van der Waals surface area contributed by atoms with Crippen molar-refractivity contribution in [1.29, 1.82) is 0 Å². The van der Waals surface area contributed by atoms with Crippen molar-refractivity contribution in [3.05, 3.63) is 53.1 Å². The first-order valence-electron chi connectivity index (χ1n) is 7.83. The number of allylic oxidation sites excluding steroid dienone is 3. The summed E-state index contributed by atoms with van der Waals surface area (Å²) in [5.41, 5.74) is 8.62. The SMILES string of the molecule is CC(C)=CCCC(C)=CC(OP(=O)(O)OP(=O)(O)O)c1ccccc1N. The minimum Gasteiger partial charge on any atom is -0.398 e. The highest BCUT2D eigenvalue weighted by molar-refractivity contribution is 7.60. The van der Waals surface area contributed by atoms with Crippen LogP contribution in [-0.4, -0.2) is 14.7 Å². The van der Waals surface area contributed by atoms with Crippen LogP contribution in [-0.2, 0) is 18.0 Å². The van der Waals surface area contributed by atoms with Crippen molar-refractivity contribution in [2.45, 2.75) is 39.7 Å². The van der Waals surface area contributed by atoms with E-state index < -0.39 is 21.7 Å². The van der Waals surface area contributed by atoms with Gasteiger partial charge in [0.25, 0.3) is 0 Å². The van der Waals surface area contributed by atoms with E-state index >= 15 is 0 Å². The zero-order valence-corrected chi connectivity index (χ0v) is 16.7. The van der Waals surface area contributed by atoms with Gasteiger partial charge in [-0.2, -0.15) is 4.31 Å². The Hall–Kier alpha value is -1.24. The molecule has 1 aromatic carbocycles. The van der Waals surface area contributed by atoms with Crippen molar-refractivity contribution in [3.63, 3.8) is 0 Å². The lowest BCUT2D eigenvalue weighted by Crippen LogP contribution is -2.05. The summed E-state index contributed by atoms with van der Waals surface area (Å²) in [6.45, 7) is 5.79. The molecule has 0 aliphatic heterocycles. The van der Waals surface area contributed by atoms with E-state index in [2.05, 4.69) is 10.4 Å². The topological polar surface area (TPSA) is 139 Å². The maximum atomic E-state index is 11.9. The van der Waals surface area contributed by atoms with E-state index in [9.17, 15) is 14.0 Å². The van der Waals surface area contributed by atoms with Crippen LogP contribution in [0.3, 0.4) is 0 Å². The highest BCUT2D eigenvalue weighted by Crippen LogP contribution is 2.60. The fraction of sp³-hybridized carbons (Fsp3) is 0.375. The molecule has 0 radical (unpaired) electrons. The van der Waals surface area contributed by atoms with Crippen molar-refractivity contribution in [3.8, 4) is 0 Å². The first-order valence-corrected chi connectivity index (χ1v) is 10.9. The summed E-state index contributed by atoms with van der Waals surface area (Å²) in [5, 5.41) is 0. The van der Waals surface area contributed by atoms with Crippen molar-refractivity contribution in [2.24, 2.45) is 0 Å². The number of rotatable bonds is 9. The van der Waals surface area contributed by atoms with E-state index in [-0.39, 0.29) is 0 Å². The summed E-state index contributed by atoms with van der Waals surface area (Å²) in [4.78, 5) is 27.2. The number of nitrogens with two attached hydrogens (primary N) is 1. The summed E-state index contributed by atoms with van der Waals surface area (Å²) in [5.74, 6) is 0. The number of anilines is 1. The third-order valence-corrected chi connectivity index (χ3v) is 5.46. The molecule has 0 aliphatic carbocycles. The molecule has 0 heterocycles. The number of hydrogen-bond acceptors (Lipinski definition) is 5. The average Bonchev–Trinajstić information content (AvgIpc) is 2.43. The highest BCUT2D eigenvalue weighted by atomic mass is 31.3. The zero-order chi connectivity index (χ0) is 20.0. The molecule has 5 N–H and O–H groups in total. The normalized spacial score (nSPS) is 16.0. The summed E-state index contributed by atoms with van der Waals surface area (Å²) < 4.78 is 31.7. The number of nitrogen functional groups attached to an aromatic ring is 1. The molecule has 0 amide bonds. The van der Waals surface area contributed by atoms with Crippen LogP contribution >= 0.6 is 15.6 Å². The van der Waals surface area contributed by atoms with Crippen LogP contribution in [0.1, 0.15) is 45.3 Å². The highest BCUT2D eigenvalue weighted by Gasteiger charge is 2.35. The standard InChI is InChI=1S/C16H25NO7P2/c1-12(2)7-6-8-13(3)11-16(14-9-4-5-10-15(14)17)23-26(21,22)24-25(18,19)20/h4-5,7,9-11,16H,6,8,17H2,1-3H3,(H,21,22)(H2,18,19,20). The molecule has 1 aromatic rings. The molecule has 10 heteroatoms. The van der Waals surface area contributed by atoms with Crippen LogP contribution in [0.2, 0.25) is 0 Å². The van der Waals surface area contributed by atoms with Crippen molar-refractivity contribution in [2.75, 3.05) is 5.73 Å². The average molecular weight is 405 g/mol. The van der Waals surface area contributed by atoms with Crippen LogP contribution in [0.25, 0.3) is 0 Å². The summed E-state index contributed by atoms with van der Waals surface area (Å²) >= 11 is 0. The van der Waals surface area contributed by atoms with Gasteiger partial charge in [0.05, 0.1) is 0 Å². The molecule has 0 bridgehead atoms. The Bertz CT molecular complexity index is 766. The lowest BCUT2D eigenvalue weighted by atomic mass is 10.0. The van der Waals surface area contributed by atoms with Gasteiger partial charge >= 0.3 is 15.6 Å². The second-order valence-electron chi connectivity index (χ2n) is 6.03. The predicted molar refractivity (Wildman–Crippen MR) is 100 cm³/mol. The number of benzene rings is 1. The monoisotopic (exact) mass is 405 g/mol. The Labute approximate surface area is 153 Å². The van der Waals surface area contributed by atoms with Gasteiger partial charge in [-0.1, -0.05) is 41.5 Å². The van der Waals surface area contributed by atoms with Gasteiger partial charge in [0, 0.05) is 11.3 Å². The Morgan fingerprint density at radius 2 is 1.81 bits per heavy atom. The molecule has 2 atom stereocenters. The predicted octanol–water partition coefficient (Wildman–Crippen LogP) is 4.23. The van der Waals surface area contributed by atoms with Gasteiger partial charge in [0.2, 0.25) is 0 Å². The quantitative estimate of drug-likeness (QED) is 0.272. The van der Waals surface area contributed by atoms with E-state index in [1.165, 1.54) is 5.57 Å². The Balaban J connectivity index is 3.11. The van der Waals surface area contributed by atoms with E-state index in [0.717, 1.165) is 12.0 Å². The van der Waals surface area contributed by atoms with Gasteiger partial charge in [-0.15, -0.1) is 0 Å². The Morgan fingerprint density at radius 1 is 1.19 bits per heavy atom. The molecule has 0 spiro atoms. The van der Waals surface area contributed by atoms with Crippen molar-refractivity contribution < 1.29 is 32.6 Å². The largest absolute Gasteiger partial charge is 0.482 e. The second-order valence-corrected chi connectivity index (χ2v) is 8.81. The fourth-order valence-electron chi connectivity index (χ4n) is 2.17. The first-order chi connectivity index (χ1) is 11.9.